The van der Waals surface area contributed by atoms with E-state index in [1.54, 1.807) is 14.2 Å². The first kappa shape index (κ1) is 9.60. The maximum atomic E-state index is 8.81. The average molecular weight is 201 g/mol. The molecule has 0 spiro atoms. The predicted molar refractivity (Wildman–Crippen MR) is 56.8 cm³/mol. The van der Waals surface area contributed by atoms with Gasteiger partial charge in [-0.1, -0.05) is 0 Å². The van der Waals surface area contributed by atoms with Gasteiger partial charge in [0.25, 0.3) is 0 Å². The van der Waals surface area contributed by atoms with Crippen LogP contribution in [0.25, 0.3) is 6.08 Å². The summed E-state index contributed by atoms with van der Waals surface area (Å²) < 4.78 is 10.4. The third-order valence-electron chi connectivity index (χ3n) is 2.50. The zero-order chi connectivity index (χ0) is 10.8. The van der Waals surface area contributed by atoms with Crippen molar-refractivity contribution in [3.63, 3.8) is 0 Å². The molecule has 2 rings (SSSR count). The van der Waals surface area contributed by atoms with Crippen molar-refractivity contribution in [3.8, 4) is 17.6 Å². The highest BCUT2D eigenvalue weighted by Gasteiger charge is 2.16. The largest absolute Gasteiger partial charge is 0.493 e. The van der Waals surface area contributed by atoms with Crippen LogP contribution < -0.4 is 9.47 Å². The monoisotopic (exact) mass is 201 g/mol. The van der Waals surface area contributed by atoms with Gasteiger partial charge in [-0.05, 0) is 29.3 Å². The van der Waals surface area contributed by atoms with E-state index in [2.05, 4.69) is 6.07 Å². The minimum absolute atomic E-state index is 0.687. The molecule has 0 atom stereocenters. The highest BCUT2D eigenvalue weighted by atomic mass is 16.5. The van der Waals surface area contributed by atoms with Crippen LogP contribution in [-0.4, -0.2) is 14.2 Å². The first-order chi connectivity index (χ1) is 7.28. The Kier molecular flexibility index (Phi) is 2.34. The summed E-state index contributed by atoms with van der Waals surface area (Å²) in [5.41, 5.74) is 2.94. The van der Waals surface area contributed by atoms with Gasteiger partial charge < -0.3 is 9.47 Å². The molecule has 0 heterocycles. The summed E-state index contributed by atoms with van der Waals surface area (Å²) in [6, 6.07) is 5.99. The quantitative estimate of drug-likeness (QED) is 0.736. The van der Waals surface area contributed by atoms with Crippen LogP contribution in [0.15, 0.2) is 17.7 Å². The minimum Gasteiger partial charge on any atom is -0.493 e. The van der Waals surface area contributed by atoms with Crippen LogP contribution in [0, 0.1) is 11.3 Å². The lowest BCUT2D eigenvalue weighted by Gasteiger charge is -2.09. The lowest BCUT2D eigenvalue weighted by atomic mass is 10.1. The highest BCUT2D eigenvalue weighted by Crippen LogP contribution is 2.35. The lowest BCUT2D eigenvalue weighted by Crippen LogP contribution is -1.93. The van der Waals surface area contributed by atoms with Crippen molar-refractivity contribution in [3.05, 3.63) is 28.8 Å². The second-order valence-electron chi connectivity index (χ2n) is 3.36. The normalized spacial score (nSPS) is 12.7. The third kappa shape index (κ3) is 1.55. The highest BCUT2D eigenvalue weighted by molar-refractivity contribution is 5.70. The van der Waals surface area contributed by atoms with Gasteiger partial charge in [-0.15, -0.1) is 0 Å². The first-order valence-electron chi connectivity index (χ1n) is 4.64. The molecule has 3 heteroatoms. The Morgan fingerprint density at radius 3 is 2.47 bits per heavy atom. The van der Waals surface area contributed by atoms with Crippen LogP contribution >= 0.6 is 0 Å². The molecule has 0 radical (unpaired) electrons. The molecule has 1 aliphatic rings. The summed E-state index contributed by atoms with van der Waals surface area (Å²) in [6.07, 6.45) is 2.57. The number of hydrogen-bond acceptors (Lipinski definition) is 3. The fourth-order valence-electron chi connectivity index (χ4n) is 1.74. The number of nitrogens with zero attached hydrogens (tertiary/aromatic N) is 1. The summed E-state index contributed by atoms with van der Waals surface area (Å²) >= 11 is 0. The van der Waals surface area contributed by atoms with Crippen molar-refractivity contribution in [1.29, 1.82) is 5.26 Å². The summed E-state index contributed by atoms with van der Waals surface area (Å²) in [4.78, 5) is 0. The van der Waals surface area contributed by atoms with Crippen LogP contribution in [0.4, 0.5) is 0 Å². The molecule has 0 saturated heterocycles. The number of rotatable bonds is 2. The summed E-state index contributed by atoms with van der Waals surface area (Å²) in [7, 11) is 3.21. The number of allylic oxidation sites excluding steroid dienone is 1. The molecule has 1 aromatic carbocycles. The molecule has 0 aromatic heterocycles. The molecule has 1 aromatic rings. The fraction of sp³-hybridized carbons (Fsp3) is 0.250. The molecule has 0 fully saturated rings. The molecule has 0 saturated carbocycles. The molecular weight excluding hydrogens is 190 g/mol. The Balaban J connectivity index is 2.48. The van der Waals surface area contributed by atoms with Crippen molar-refractivity contribution in [1.82, 2.24) is 0 Å². The molecular formula is C12H11NO2. The van der Waals surface area contributed by atoms with E-state index < -0.39 is 0 Å². The maximum Gasteiger partial charge on any atom is 0.161 e. The fourth-order valence-corrected chi connectivity index (χ4v) is 1.74. The van der Waals surface area contributed by atoms with Crippen LogP contribution in [-0.2, 0) is 6.42 Å². The van der Waals surface area contributed by atoms with Gasteiger partial charge in [-0.2, -0.15) is 5.26 Å². The van der Waals surface area contributed by atoms with E-state index in [-0.39, 0.29) is 0 Å². The second-order valence-corrected chi connectivity index (χ2v) is 3.36. The van der Waals surface area contributed by atoms with Crippen LogP contribution in [0.3, 0.4) is 0 Å². The van der Waals surface area contributed by atoms with Gasteiger partial charge in [-0.25, -0.2) is 0 Å². The Morgan fingerprint density at radius 2 is 1.87 bits per heavy atom. The van der Waals surface area contributed by atoms with Crippen LogP contribution in [0.5, 0.6) is 11.5 Å². The van der Waals surface area contributed by atoms with Gasteiger partial charge in [0, 0.05) is 12.0 Å². The second kappa shape index (κ2) is 3.66. The number of hydrogen-bond donors (Lipinski definition) is 0. The Hall–Kier alpha value is -1.95. The van der Waals surface area contributed by atoms with E-state index in [4.69, 9.17) is 14.7 Å². The topological polar surface area (TPSA) is 42.2 Å². The van der Waals surface area contributed by atoms with Gasteiger partial charge in [0.1, 0.15) is 0 Å². The van der Waals surface area contributed by atoms with Crippen molar-refractivity contribution in [2.45, 2.75) is 6.42 Å². The van der Waals surface area contributed by atoms with Gasteiger partial charge in [0.2, 0.25) is 0 Å². The molecule has 0 aliphatic heterocycles. The van der Waals surface area contributed by atoms with Crippen LogP contribution in [0.2, 0.25) is 0 Å². The third-order valence-corrected chi connectivity index (χ3v) is 2.50. The summed E-state index contributed by atoms with van der Waals surface area (Å²) in [5, 5.41) is 8.81. The molecule has 76 valence electrons. The van der Waals surface area contributed by atoms with Gasteiger partial charge in [0.15, 0.2) is 11.5 Å². The number of methoxy groups -OCH3 is 2. The van der Waals surface area contributed by atoms with Crippen LogP contribution in [0.1, 0.15) is 11.1 Å². The van der Waals surface area contributed by atoms with Gasteiger partial charge >= 0.3 is 0 Å². The maximum absolute atomic E-state index is 8.81. The van der Waals surface area contributed by atoms with E-state index in [1.807, 2.05) is 18.2 Å². The van der Waals surface area contributed by atoms with Gasteiger partial charge in [0.05, 0.1) is 20.3 Å². The molecule has 0 unspecified atom stereocenters. The summed E-state index contributed by atoms with van der Waals surface area (Å²) in [6.45, 7) is 0. The van der Waals surface area contributed by atoms with Crippen molar-refractivity contribution >= 4 is 6.08 Å². The van der Waals surface area contributed by atoms with Crippen molar-refractivity contribution < 1.29 is 9.47 Å². The Labute approximate surface area is 88.5 Å². The molecule has 0 amide bonds. The number of ether oxygens (including phenoxy) is 2. The first-order valence-corrected chi connectivity index (χ1v) is 4.64. The number of fused-ring (bicyclic) bond motifs is 1. The molecule has 15 heavy (non-hydrogen) atoms. The SMILES string of the molecule is COc1cc2c(cc1OC)CC(C#N)=C2. The molecule has 0 bridgehead atoms. The summed E-state index contributed by atoms with van der Waals surface area (Å²) in [5.74, 6) is 1.41. The predicted octanol–water partition coefficient (Wildman–Crippen LogP) is 2.17. The van der Waals surface area contributed by atoms with Crippen molar-refractivity contribution in [2.75, 3.05) is 14.2 Å². The van der Waals surface area contributed by atoms with Crippen molar-refractivity contribution in [2.24, 2.45) is 0 Å². The zero-order valence-corrected chi connectivity index (χ0v) is 8.70. The lowest BCUT2D eigenvalue weighted by molar-refractivity contribution is 0.354. The van der Waals surface area contributed by atoms with E-state index >= 15 is 0 Å². The Morgan fingerprint density at radius 1 is 1.20 bits per heavy atom. The van der Waals surface area contributed by atoms with E-state index in [0.717, 1.165) is 16.7 Å². The van der Waals surface area contributed by atoms with E-state index in [0.29, 0.717) is 17.9 Å². The molecule has 3 nitrogen and oxygen atoms in total. The zero-order valence-electron chi connectivity index (χ0n) is 8.70. The number of benzene rings is 1. The number of nitriles is 1. The smallest absolute Gasteiger partial charge is 0.161 e. The standard InChI is InChI=1S/C12H11NO2/c1-14-11-5-9-3-8(7-13)4-10(9)6-12(11)15-2/h3,5-6H,4H2,1-2H3. The molecule has 0 N–H and O–H groups in total. The van der Waals surface area contributed by atoms with Gasteiger partial charge in [-0.3, -0.25) is 0 Å². The molecule has 1 aliphatic carbocycles. The minimum atomic E-state index is 0.687. The van der Waals surface area contributed by atoms with E-state index in [1.165, 1.54) is 0 Å². The Bertz CT molecular complexity index is 469. The average Bonchev–Trinajstić information content (AvgIpc) is 2.68. The van der Waals surface area contributed by atoms with E-state index in [9.17, 15) is 0 Å².